The molecule has 1 N–H and O–H groups in total. The summed E-state index contributed by atoms with van der Waals surface area (Å²) in [6.07, 6.45) is 1.48. The largest absolute Gasteiger partial charge is 0.271 e. The minimum Gasteiger partial charge on any atom is -0.271 e. The molecule has 0 atom stereocenters. The van der Waals surface area contributed by atoms with Gasteiger partial charge in [-0.25, -0.2) is 13.8 Å². The average molecular weight is 588 g/mol. The van der Waals surface area contributed by atoms with E-state index < -0.39 is 22.5 Å². The van der Waals surface area contributed by atoms with Crippen LogP contribution in [0.15, 0.2) is 82.8 Å². The van der Waals surface area contributed by atoms with Crippen molar-refractivity contribution in [3.8, 4) is 0 Å². The van der Waals surface area contributed by atoms with E-state index >= 15 is 0 Å². The van der Waals surface area contributed by atoms with E-state index in [1.54, 1.807) is 18.2 Å². The van der Waals surface area contributed by atoms with Gasteiger partial charge in [0.05, 0.1) is 26.8 Å². The molecule has 3 rings (SSSR count). The van der Waals surface area contributed by atoms with E-state index in [4.69, 9.17) is 23.2 Å². The molecule has 0 unspecified atom stereocenters. The molecule has 160 valence electrons. The lowest BCUT2D eigenvalue weighted by atomic mass is 10.2. The van der Waals surface area contributed by atoms with Crippen LogP contribution in [0.3, 0.4) is 0 Å². The molecule has 1 amide bonds. The summed E-state index contributed by atoms with van der Waals surface area (Å²) < 4.78 is 28.5. The van der Waals surface area contributed by atoms with Crippen LogP contribution in [-0.4, -0.2) is 27.1 Å². The maximum absolute atomic E-state index is 13.2. The first-order valence-corrected chi connectivity index (χ1v) is 12.1. The Hall–Kier alpha value is -2.14. The van der Waals surface area contributed by atoms with Crippen LogP contribution in [0.5, 0.6) is 0 Å². The van der Waals surface area contributed by atoms with Gasteiger partial charge < -0.3 is 0 Å². The molecule has 0 aliphatic heterocycles. The molecule has 0 aromatic heterocycles. The van der Waals surface area contributed by atoms with Crippen LogP contribution in [0.25, 0.3) is 0 Å². The first-order valence-electron chi connectivity index (χ1n) is 8.88. The van der Waals surface area contributed by atoms with Gasteiger partial charge in [0.1, 0.15) is 6.54 Å². The zero-order chi connectivity index (χ0) is 22.4. The van der Waals surface area contributed by atoms with Crippen LogP contribution in [-0.2, 0) is 14.8 Å². The Balaban J connectivity index is 1.85. The van der Waals surface area contributed by atoms with Crippen LogP contribution in [0.1, 0.15) is 5.56 Å². The molecule has 0 saturated carbocycles. The Bertz CT molecular complexity index is 1200. The first kappa shape index (κ1) is 23.5. The summed E-state index contributed by atoms with van der Waals surface area (Å²) >= 11 is 14.2. The molecule has 0 spiro atoms. The summed E-state index contributed by atoms with van der Waals surface area (Å²) in [6.45, 7) is -0.501. The number of hydrogen-bond acceptors (Lipinski definition) is 4. The predicted octanol–water partition coefficient (Wildman–Crippen LogP) is 4.94. The van der Waals surface area contributed by atoms with Gasteiger partial charge in [0.25, 0.3) is 15.9 Å². The summed E-state index contributed by atoms with van der Waals surface area (Å²) in [4.78, 5) is 12.5. The Kier molecular flexibility index (Phi) is 7.93. The van der Waals surface area contributed by atoms with E-state index in [0.717, 1.165) is 13.4 Å². The van der Waals surface area contributed by atoms with Crippen LogP contribution in [0, 0.1) is 3.57 Å². The second-order valence-corrected chi connectivity index (χ2v) is 10.2. The number of benzene rings is 3. The molecule has 0 saturated heterocycles. The van der Waals surface area contributed by atoms with Gasteiger partial charge in [-0.1, -0.05) is 53.5 Å². The number of halogens is 3. The normalized spacial score (nSPS) is 11.5. The van der Waals surface area contributed by atoms with Gasteiger partial charge in [-0.2, -0.15) is 5.10 Å². The van der Waals surface area contributed by atoms with Crippen molar-refractivity contribution in [3.63, 3.8) is 0 Å². The molecule has 31 heavy (non-hydrogen) atoms. The first-order chi connectivity index (χ1) is 14.8. The third kappa shape index (κ3) is 6.19. The van der Waals surface area contributed by atoms with E-state index in [0.29, 0.717) is 0 Å². The van der Waals surface area contributed by atoms with Crippen LogP contribution < -0.4 is 9.73 Å². The molecule has 0 aliphatic carbocycles. The second-order valence-electron chi connectivity index (χ2n) is 6.27. The quantitative estimate of drug-likeness (QED) is 0.241. The van der Waals surface area contributed by atoms with Gasteiger partial charge in [-0.05, 0) is 70.6 Å². The Morgan fingerprint density at radius 3 is 2.32 bits per heavy atom. The summed E-state index contributed by atoms with van der Waals surface area (Å²) in [5, 5.41) is 4.35. The van der Waals surface area contributed by atoms with Gasteiger partial charge in [0.2, 0.25) is 0 Å². The summed E-state index contributed by atoms with van der Waals surface area (Å²) in [7, 11) is -4.04. The molecule has 3 aromatic carbocycles. The highest BCUT2D eigenvalue weighted by Gasteiger charge is 2.27. The smallest absolute Gasteiger partial charge is 0.264 e. The van der Waals surface area contributed by atoms with Crippen molar-refractivity contribution in [2.75, 3.05) is 10.8 Å². The van der Waals surface area contributed by atoms with Crippen molar-refractivity contribution >= 4 is 73.6 Å². The number of carbonyl (C=O) groups is 1. The van der Waals surface area contributed by atoms with Gasteiger partial charge in [-0.3, -0.25) is 9.10 Å². The highest BCUT2D eigenvalue weighted by molar-refractivity contribution is 14.1. The van der Waals surface area contributed by atoms with Gasteiger partial charge in [0.15, 0.2) is 0 Å². The molecular weight excluding hydrogens is 572 g/mol. The summed E-state index contributed by atoms with van der Waals surface area (Å²) in [5.41, 5.74) is 3.35. The molecule has 0 fully saturated rings. The number of amides is 1. The molecule has 0 radical (unpaired) electrons. The number of hydrogen-bond donors (Lipinski definition) is 1. The van der Waals surface area contributed by atoms with Crippen molar-refractivity contribution in [2.24, 2.45) is 5.10 Å². The highest BCUT2D eigenvalue weighted by Crippen LogP contribution is 2.30. The van der Waals surface area contributed by atoms with Crippen molar-refractivity contribution in [2.45, 2.75) is 4.90 Å². The van der Waals surface area contributed by atoms with E-state index in [2.05, 4.69) is 33.1 Å². The highest BCUT2D eigenvalue weighted by atomic mass is 127. The molecule has 10 heteroatoms. The van der Waals surface area contributed by atoms with Crippen LogP contribution in [0.2, 0.25) is 10.0 Å². The minimum atomic E-state index is -4.04. The number of hydrazone groups is 1. The van der Waals surface area contributed by atoms with Crippen molar-refractivity contribution < 1.29 is 13.2 Å². The maximum atomic E-state index is 13.2. The van der Waals surface area contributed by atoms with Gasteiger partial charge in [0, 0.05) is 3.57 Å². The number of rotatable bonds is 7. The standard InChI is InChI=1S/C21H16Cl2IN3O3S/c22-19-11-10-17(12-20(19)23)27(31(29,30)18-4-2-1-3-5-18)14-21(28)26-25-13-15-6-8-16(24)9-7-15/h1-13H,14H2,(H,26,28). The number of nitrogens with one attached hydrogen (secondary N) is 1. The molecule has 0 heterocycles. The fourth-order valence-corrected chi connectivity index (χ4v) is 4.65. The van der Waals surface area contributed by atoms with E-state index in [1.807, 2.05) is 24.3 Å². The topological polar surface area (TPSA) is 78.8 Å². The molecule has 0 aliphatic rings. The van der Waals surface area contributed by atoms with E-state index in [9.17, 15) is 13.2 Å². The third-order valence-electron chi connectivity index (χ3n) is 4.08. The number of carbonyl (C=O) groups excluding carboxylic acids is 1. The van der Waals surface area contributed by atoms with Gasteiger partial charge >= 0.3 is 0 Å². The van der Waals surface area contributed by atoms with E-state index in [-0.39, 0.29) is 20.6 Å². The zero-order valence-electron chi connectivity index (χ0n) is 15.9. The molecule has 3 aromatic rings. The average Bonchev–Trinajstić information content (AvgIpc) is 2.76. The third-order valence-corrected chi connectivity index (χ3v) is 7.33. The van der Waals surface area contributed by atoms with Crippen molar-refractivity contribution in [1.82, 2.24) is 5.43 Å². The summed E-state index contributed by atoms with van der Waals surface area (Å²) in [6, 6.07) is 19.7. The van der Waals surface area contributed by atoms with Crippen molar-refractivity contribution in [1.29, 1.82) is 0 Å². The fourth-order valence-electron chi connectivity index (χ4n) is 2.57. The lowest BCUT2D eigenvalue weighted by Crippen LogP contribution is -2.39. The zero-order valence-corrected chi connectivity index (χ0v) is 20.4. The number of nitrogens with zero attached hydrogens (tertiary/aromatic N) is 2. The SMILES string of the molecule is O=C(CN(c1ccc(Cl)c(Cl)c1)S(=O)(=O)c1ccccc1)NN=Cc1ccc(I)cc1. The minimum absolute atomic E-state index is 0.0382. The monoisotopic (exact) mass is 587 g/mol. The van der Waals surface area contributed by atoms with Crippen molar-refractivity contribution in [3.05, 3.63) is 92.0 Å². The van der Waals surface area contributed by atoms with E-state index in [1.165, 1.54) is 36.5 Å². The Morgan fingerprint density at radius 2 is 1.68 bits per heavy atom. The van der Waals surface area contributed by atoms with Crippen LogP contribution in [0.4, 0.5) is 5.69 Å². The Labute approximate surface area is 204 Å². The molecular formula is C21H16Cl2IN3O3S. The molecule has 6 nitrogen and oxygen atoms in total. The summed E-state index contributed by atoms with van der Waals surface area (Å²) in [5.74, 6) is -0.618. The Morgan fingerprint density at radius 1 is 1.00 bits per heavy atom. The number of anilines is 1. The number of sulfonamides is 1. The maximum Gasteiger partial charge on any atom is 0.264 e. The van der Waals surface area contributed by atoms with Gasteiger partial charge in [-0.15, -0.1) is 0 Å². The molecule has 0 bridgehead atoms. The fraction of sp³-hybridized carbons (Fsp3) is 0.0476. The second kappa shape index (κ2) is 10.4. The lowest BCUT2D eigenvalue weighted by molar-refractivity contribution is -0.119. The predicted molar refractivity (Wildman–Crippen MR) is 132 cm³/mol. The lowest BCUT2D eigenvalue weighted by Gasteiger charge is -2.24. The van der Waals surface area contributed by atoms with Crippen LogP contribution >= 0.6 is 45.8 Å².